The van der Waals surface area contributed by atoms with E-state index in [1.807, 2.05) is 5.38 Å². The summed E-state index contributed by atoms with van der Waals surface area (Å²) in [5, 5.41) is 3.21. The Morgan fingerprint density at radius 1 is 1.42 bits per heavy atom. The molecule has 2 aromatic rings. The monoisotopic (exact) mass is 294 g/mol. The van der Waals surface area contributed by atoms with Crippen LogP contribution in [0.2, 0.25) is 0 Å². The molecule has 98 valence electrons. The van der Waals surface area contributed by atoms with Crippen LogP contribution in [0.5, 0.6) is 0 Å². The second-order valence-corrected chi connectivity index (χ2v) is 5.49. The smallest absolute Gasteiger partial charge is 0.358 e. The molecule has 0 amide bonds. The number of methoxy groups -OCH3 is 1. The standard InChI is InChI=1S/C12H10N2O3S2/c1-7(6-15)5-8-9(12(16)17-2)14-11(19-8)10-13-3-4-18-10/h3-6H,1-2H3. The molecule has 0 N–H and O–H groups in total. The van der Waals surface area contributed by atoms with E-state index in [-0.39, 0.29) is 5.69 Å². The number of rotatable bonds is 4. The summed E-state index contributed by atoms with van der Waals surface area (Å²) >= 11 is 2.74. The van der Waals surface area contributed by atoms with Crippen molar-refractivity contribution in [2.75, 3.05) is 7.11 Å². The van der Waals surface area contributed by atoms with E-state index in [0.717, 1.165) is 11.3 Å². The molecule has 0 aliphatic rings. The van der Waals surface area contributed by atoms with Crippen molar-refractivity contribution in [1.82, 2.24) is 9.97 Å². The van der Waals surface area contributed by atoms with Gasteiger partial charge in [-0.3, -0.25) is 4.79 Å². The Labute approximate surface area is 117 Å². The van der Waals surface area contributed by atoms with Gasteiger partial charge in [0, 0.05) is 11.6 Å². The maximum absolute atomic E-state index is 11.7. The molecule has 0 saturated heterocycles. The van der Waals surface area contributed by atoms with Gasteiger partial charge in [0.05, 0.1) is 12.0 Å². The third-order valence-electron chi connectivity index (χ3n) is 2.19. The van der Waals surface area contributed by atoms with Crippen LogP contribution in [0.1, 0.15) is 22.3 Å². The molecule has 19 heavy (non-hydrogen) atoms. The van der Waals surface area contributed by atoms with Gasteiger partial charge in [-0.15, -0.1) is 22.7 Å². The van der Waals surface area contributed by atoms with E-state index >= 15 is 0 Å². The molecule has 2 rings (SSSR count). The summed E-state index contributed by atoms with van der Waals surface area (Å²) in [5.41, 5.74) is 0.721. The number of hydrogen-bond donors (Lipinski definition) is 0. The second-order valence-electron chi connectivity index (χ2n) is 3.57. The van der Waals surface area contributed by atoms with Crippen LogP contribution in [0.25, 0.3) is 16.1 Å². The highest BCUT2D eigenvalue weighted by molar-refractivity contribution is 7.21. The van der Waals surface area contributed by atoms with E-state index in [9.17, 15) is 9.59 Å². The van der Waals surface area contributed by atoms with Gasteiger partial charge in [-0.05, 0) is 18.6 Å². The van der Waals surface area contributed by atoms with Crippen LogP contribution in [-0.2, 0) is 9.53 Å². The van der Waals surface area contributed by atoms with E-state index in [0.29, 0.717) is 15.5 Å². The highest BCUT2D eigenvalue weighted by Gasteiger charge is 2.19. The third kappa shape index (κ3) is 2.94. The van der Waals surface area contributed by atoms with Gasteiger partial charge in [0.25, 0.3) is 0 Å². The Kier molecular flexibility index (Phi) is 4.18. The van der Waals surface area contributed by atoms with E-state index < -0.39 is 5.97 Å². The van der Waals surface area contributed by atoms with Crippen LogP contribution in [-0.4, -0.2) is 29.3 Å². The molecule has 0 spiro atoms. The Morgan fingerprint density at radius 2 is 2.21 bits per heavy atom. The third-order valence-corrected chi connectivity index (χ3v) is 4.11. The molecule has 7 heteroatoms. The number of allylic oxidation sites excluding steroid dienone is 1. The van der Waals surface area contributed by atoms with E-state index in [1.165, 1.54) is 29.8 Å². The second kappa shape index (κ2) is 5.85. The van der Waals surface area contributed by atoms with Crippen LogP contribution in [0, 0.1) is 0 Å². The van der Waals surface area contributed by atoms with Crippen LogP contribution < -0.4 is 0 Å². The van der Waals surface area contributed by atoms with Crippen LogP contribution in [0.15, 0.2) is 17.2 Å². The van der Waals surface area contributed by atoms with Crippen molar-refractivity contribution in [2.45, 2.75) is 6.92 Å². The van der Waals surface area contributed by atoms with Crippen LogP contribution in [0.4, 0.5) is 0 Å². The molecule has 0 aliphatic heterocycles. The van der Waals surface area contributed by atoms with Crippen molar-refractivity contribution in [3.8, 4) is 10.0 Å². The summed E-state index contributed by atoms with van der Waals surface area (Å²) in [4.78, 5) is 31.3. The lowest BCUT2D eigenvalue weighted by atomic mass is 10.2. The first-order valence-corrected chi connectivity index (χ1v) is 6.97. The highest BCUT2D eigenvalue weighted by Crippen LogP contribution is 2.31. The lowest BCUT2D eigenvalue weighted by Gasteiger charge is -1.95. The fourth-order valence-electron chi connectivity index (χ4n) is 1.33. The molecule has 0 bridgehead atoms. The molecular formula is C12H10N2O3S2. The van der Waals surface area contributed by atoms with Gasteiger partial charge in [-0.1, -0.05) is 0 Å². The predicted octanol–water partition coefficient (Wildman–Crippen LogP) is 2.66. The summed E-state index contributed by atoms with van der Waals surface area (Å²) in [7, 11) is 1.30. The predicted molar refractivity (Wildman–Crippen MR) is 74.3 cm³/mol. The zero-order chi connectivity index (χ0) is 13.8. The zero-order valence-corrected chi connectivity index (χ0v) is 11.9. The Morgan fingerprint density at radius 3 is 2.79 bits per heavy atom. The quantitative estimate of drug-likeness (QED) is 0.492. The first-order valence-electron chi connectivity index (χ1n) is 5.28. The van der Waals surface area contributed by atoms with Crippen molar-refractivity contribution in [2.24, 2.45) is 0 Å². The van der Waals surface area contributed by atoms with E-state index in [4.69, 9.17) is 4.74 Å². The summed E-state index contributed by atoms with van der Waals surface area (Å²) in [5.74, 6) is -0.524. The van der Waals surface area contributed by atoms with Crippen molar-refractivity contribution >= 4 is 41.0 Å². The first-order chi connectivity index (χ1) is 9.15. The average Bonchev–Trinajstić information content (AvgIpc) is 3.06. The number of thiazole rings is 2. The van der Waals surface area contributed by atoms with Gasteiger partial charge >= 0.3 is 5.97 Å². The van der Waals surface area contributed by atoms with Gasteiger partial charge in [-0.25, -0.2) is 14.8 Å². The molecule has 0 radical (unpaired) electrons. The average molecular weight is 294 g/mol. The molecule has 0 saturated carbocycles. The molecule has 5 nitrogen and oxygen atoms in total. The summed E-state index contributed by atoms with van der Waals surface area (Å²) in [6, 6.07) is 0. The van der Waals surface area contributed by atoms with Crippen molar-refractivity contribution in [3.05, 3.63) is 27.7 Å². The zero-order valence-electron chi connectivity index (χ0n) is 10.2. The van der Waals surface area contributed by atoms with Gasteiger partial charge in [-0.2, -0.15) is 0 Å². The first kappa shape index (κ1) is 13.6. The van der Waals surface area contributed by atoms with Crippen LogP contribution in [0.3, 0.4) is 0 Å². The van der Waals surface area contributed by atoms with E-state index in [1.54, 1.807) is 19.2 Å². The molecule has 2 aromatic heterocycles. The highest BCUT2D eigenvalue weighted by atomic mass is 32.1. The van der Waals surface area contributed by atoms with Gasteiger partial charge in [0.15, 0.2) is 15.7 Å². The summed E-state index contributed by atoms with van der Waals surface area (Å²) in [6.07, 6.45) is 4.02. The minimum Gasteiger partial charge on any atom is -0.464 e. The van der Waals surface area contributed by atoms with Crippen molar-refractivity contribution in [1.29, 1.82) is 0 Å². The molecular weight excluding hydrogens is 284 g/mol. The Hall–Kier alpha value is -1.86. The molecule has 0 unspecified atom stereocenters. The van der Waals surface area contributed by atoms with Gasteiger partial charge < -0.3 is 4.74 Å². The Bertz CT molecular complexity index is 629. The van der Waals surface area contributed by atoms with Gasteiger partial charge in [0.1, 0.15) is 6.29 Å². The normalized spacial score (nSPS) is 11.4. The number of nitrogens with zero attached hydrogens (tertiary/aromatic N) is 2. The molecule has 0 aromatic carbocycles. The minimum atomic E-state index is -0.524. The number of aromatic nitrogens is 2. The lowest BCUT2D eigenvalue weighted by Crippen LogP contribution is -2.03. The molecule has 0 atom stereocenters. The number of carbonyl (C=O) groups is 2. The number of ether oxygens (including phenoxy) is 1. The largest absolute Gasteiger partial charge is 0.464 e. The minimum absolute atomic E-state index is 0.207. The topological polar surface area (TPSA) is 69.2 Å². The number of esters is 1. The maximum Gasteiger partial charge on any atom is 0.358 e. The molecule has 0 fully saturated rings. The number of aldehydes is 1. The lowest BCUT2D eigenvalue weighted by molar-refractivity contribution is -0.104. The van der Waals surface area contributed by atoms with E-state index in [2.05, 4.69) is 9.97 Å². The summed E-state index contributed by atoms with van der Waals surface area (Å²) < 4.78 is 4.69. The fourth-order valence-corrected chi connectivity index (χ4v) is 3.08. The Balaban J connectivity index is 2.51. The molecule has 2 heterocycles. The SMILES string of the molecule is COC(=O)c1nc(-c2nccs2)sc1C=C(C)C=O. The van der Waals surface area contributed by atoms with Crippen molar-refractivity contribution < 1.29 is 14.3 Å². The van der Waals surface area contributed by atoms with Gasteiger partial charge in [0.2, 0.25) is 0 Å². The summed E-state index contributed by atoms with van der Waals surface area (Å²) in [6.45, 7) is 1.66. The maximum atomic E-state index is 11.7. The van der Waals surface area contributed by atoms with Crippen LogP contribution >= 0.6 is 22.7 Å². The van der Waals surface area contributed by atoms with Crippen molar-refractivity contribution in [3.63, 3.8) is 0 Å². The fraction of sp³-hybridized carbons (Fsp3) is 0.167. The number of hydrogen-bond acceptors (Lipinski definition) is 7. The molecule has 0 aliphatic carbocycles. The number of carbonyl (C=O) groups excluding carboxylic acids is 2.